The number of ether oxygens (including phenoxy) is 1. The predicted molar refractivity (Wildman–Crippen MR) is 115 cm³/mol. The Bertz CT molecular complexity index is 745. The summed E-state index contributed by atoms with van der Waals surface area (Å²) in [4.78, 5) is 12.6. The number of rotatable bonds is 11. The molecule has 1 aromatic carbocycles. The Hall–Kier alpha value is -2.10. The van der Waals surface area contributed by atoms with Gasteiger partial charge in [-0.3, -0.25) is 4.79 Å². The number of nitrogens with zero attached hydrogens (tertiary/aromatic N) is 2. The van der Waals surface area contributed by atoms with Crippen molar-refractivity contribution in [1.82, 2.24) is 9.78 Å². The van der Waals surface area contributed by atoms with E-state index in [-0.39, 0.29) is 12.5 Å². The summed E-state index contributed by atoms with van der Waals surface area (Å²) >= 11 is 0. The smallest absolute Gasteiger partial charge is 0.284 e. The second-order valence-corrected chi connectivity index (χ2v) is 7.99. The third-order valence-corrected chi connectivity index (χ3v) is 5.37. The Morgan fingerprint density at radius 2 is 1.68 bits per heavy atom. The fourth-order valence-corrected chi connectivity index (χ4v) is 3.52. The summed E-state index contributed by atoms with van der Waals surface area (Å²) in [7, 11) is 0. The van der Waals surface area contributed by atoms with Crippen LogP contribution in [0, 0.1) is 13.8 Å². The molecule has 0 saturated heterocycles. The first kappa shape index (κ1) is 22.2. The maximum absolute atomic E-state index is 12.6. The topological polar surface area (TPSA) is 44.1 Å². The molecule has 0 fully saturated rings. The fraction of sp³-hybridized carbons (Fsp3) is 0.583. The third-order valence-electron chi connectivity index (χ3n) is 5.37. The van der Waals surface area contributed by atoms with Gasteiger partial charge in [-0.15, -0.1) is 0 Å². The molecule has 1 heterocycles. The predicted octanol–water partition coefficient (Wildman–Crippen LogP) is 6.25. The van der Waals surface area contributed by atoms with Crippen LogP contribution in [0.5, 0.6) is 5.75 Å². The molecule has 0 unspecified atom stereocenters. The molecule has 0 aliphatic carbocycles. The lowest BCUT2D eigenvalue weighted by atomic mass is 10.0. The zero-order valence-electron chi connectivity index (χ0n) is 18.3. The van der Waals surface area contributed by atoms with Crippen molar-refractivity contribution in [2.45, 2.75) is 85.5 Å². The quantitative estimate of drug-likeness (QED) is 0.430. The van der Waals surface area contributed by atoms with Crippen LogP contribution in [-0.2, 0) is 6.42 Å². The van der Waals surface area contributed by atoms with Gasteiger partial charge in [-0.1, -0.05) is 65.0 Å². The van der Waals surface area contributed by atoms with Crippen LogP contribution in [-0.4, -0.2) is 22.3 Å². The molecule has 4 nitrogen and oxygen atoms in total. The summed E-state index contributed by atoms with van der Waals surface area (Å²) in [6, 6.07) is 7.94. The lowest BCUT2D eigenvalue weighted by molar-refractivity contribution is 0.0818. The zero-order chi connectivity index (χ0) is 20.5. The molecule has 0 aliphatic rings. The number of carbonyl (C=O) groups excluding carboxylic acids is 1. The number of carbonyl (C=O) groups is 1. The molecule has 0 spiro atoms. The third kappa shape index (κ3) is 6.22. The van der Waals surface area contributed by atoms with Gasteiger partial charge in [-0.25, -0.2) is 4.68 Å². The first-order valence-corrected chi connectivity index (χ1v) is 10.7. The molecule has 154 valence electrons. The molecule has 0 radical (unpaired) electrons. The van der Waals surface area contributed by atoms with Gasteiger partial charge in [0, 0.05) is 5.69 Å². The van der Waals surface area contributed by atoms with E-state index >= 15 is 0 Å². The van der Waals surface area contributed by atoms with E-state index in [1.807, 2.05) is 38.1 Å². The lowest BCUT2D eigenvalue weighted by Crippen LogP contribution is -2.21. The monoisotopic (exact) mass is 384 g/mol. The van der Waals surface area contributed by atoms with Crippen molar-refractivity contribution < 1.29 is 9.53 Å². The highest BCUT2D eigenvalue weighted by atomic mass is 16.5. The Morgan fingerprint density at radius 1 is 1.04 bits per heavy atom. The van der Waals surface area contributed by atoms with Gasteiger partial charge >= 0.3 is 0 Å². The number of unbranched alkanes of at least 4 members (excludes halogenated alkanes) is 5. The highest BCUT2D eigenvalue weighted by Gasteiger charge is 2.16. The van der Waals surface area contributed by atoms with Crippen LogP contribution in [0.4, 0.5) is 0 Å². The molecule has 0 aliphatic heterocycles. The van der Waals surface area contributed by atoms with Crippen molar-refractivity contribution in [3.05, 3.63) is 46.8 Å². The summed E-state index contributed by atoms with van der Waals surface area (Å²) in [5.74, 6) is 1.07. The summed E-state index contributed by atoms with van der Waals surface area (Å²) in [6.07, 6.45) is 8.61. The van der Waals surface area contributed by atoms with Crippen molar-refractivity contribution in [3.63, 3.8) is 0 Å². The largest absolute Gasteiger partial charge is 0.484 e. The van der Waals surface area contributed by atoms with Crippen molar-refractivity contribution in [3.8, 4) is 5.75 Å². The van der Waals surface area contributed by atoms with Crippen LogP contribution in [0.25, 0.3) is 0 Å². The molecular weight excluding hydrogens is 348 g/mol. The van der Waals surface area contributed by atoms with Crippen LogP contribution < -0.4 is 4.74 Å². The highest BCUT2D eigenvalue weighted by Crippen LogP contribution is 2.20. The van der Waals surface area contributed by atoms with Crippen molar-refractivity contribution in [2.75, 3.05) is 6.61 Å². The molecule has 0 N–H and O–H groups in total. The Balaban J connectivity index is 1.89. The average molecular weight is 385 g/mol. The first-order chi connectivity index (χ1) is 13.4. The highest BCUT2D eigenvalue weighted by molar-refractivity contribution is 5.80. The summed E-state index contributed by atoms with van der Waals surface area (Å²) in [5.41, 5.74) is 4.39. The van der Waals surface area contributed by atoms with Gasteiger partial charge < -0.3 is 4.74 Å². The maximum atomic E-state index is 12.6. The van der Waals surface area contributed by atoms with Gasteiger partial charge in [-0.05, 0) is 55.9 Å². The van der Waals surface area contributed by atoms with E-state index in [1.165, 1.54) is 47.9 Å². The van der Waals surface area contributed by atoms with Crippen LogP contribution in [0.1, 0.15) is 92.5 Å². The molecule has 1 aromatic heterocycles. The van der Waals surface area contributed by atoms with Crippen LogP contribution in [0.3, 0.4) is 0 Å². The van der Waals surface area contributed by atoms with Crippen LogP contribution in [0.15, 0.2) is 24.3 Å². The molecule has 0 amide bonds. The lowest BCUT2D eigenvalue weighted by Gasteiger charge is -2.09. The average Bonchev–Trinajstić information content (AvgIpc) is 2.97. The SMILES string of the molecule is CCCCCCCCc1c(C)nn(C(=O)COc2ccc(C(C)C)cc2)c1C. The molecule has 4 heteroatoms. The number of aryl methyl sites for hydroxylation is 1. The number of aromatic nitrogens is 2. The molecule has 0 saturated carbocycles. The van der Waals surface area contributed by atoms with E-state index in [0.717, 1.165) is 24.2 Å². The van der Waals surface area contributed by atoms with Gasteiger partial charge in [0.15, 0.2) is 6.61 Å². The fourth-order valence-electron chi connectivity index (χ4n) is 3.52. The van der Waals surface area contributed by atoms with Gasteiger partial charge in [0.2, 0.25) is 0 Å². The maximum Gasteiger partial charge on any atom is 0.284 e. The van der Waals surface area contributed by atoms with E-state index in [9.17, 15) is 4.79 Å². The van der Waals surface area contributed by atoms with E-state index < -0.39 is 0 Å². The number of hydrogen-bond donors (Lipinski definition) is 0. The molecular formula is C24H36N2O2. The van der Waals surface area contributed by atoms with E-state index in [2.05, 4.69) is 25.9 Å². The number of benzene rings is 1. The normalized spacial score (nSPS) is 11.2. The summed E-state index contributed by atoms with van der Waals surface area (Å²) in [6.45, 7) is 10.5. The molecule has 2 rings (SSSR count). The van der Waals surface area contributed by atoms with Crippen molar-refractivity contribution >= 4 is 5.91 Å². The van der Waals surface area contributed by atoms with Crippen molar-refractivity contribution in [2.24, 2.45) is 0 Å². The Labute approximate surface area is 170 Å². The van der Waals surface area contributed by atoms with Crippen LogP contribution >= 0.6 is 0 Å². The van der Waals surface area contributed by atoms with E-state index in [0.29, 0.717) is 11.7 Å². The summed E-state index contributed by atoms with van der Waals surface area (Å²) in [5, 5.41) is 4.48. The molecule has 2 aromatic rings. The molecule has 0 bridgehead atoms. The molecule has 0 atom stereocenters. The standard InChI is InChI=1S/C24H36N2O2/c1-6-7-8-9-10-11-12-23-19(4)25-26(20(23)5)24(27)17-28-22-15-13-21(14-16-22)18(2)3/h13-16,18H,6-12,17H2,1-5H3. The van der Waals surface area contributed by atoms with Crippen molar-refractivity contribution in [1.29, 1.82) is 0 Å². The second kappa shape index (κ2) is 11.0. The minimum atomic E-state index is -0.122. The molecule has 28 heavy (non-hydrogen) atoms. The Kier molecular flexibility index (Phi) is 8.75. The van der Waals surface area contributed by atoms with Gasteiger partial charge in [0.05, 0.1) is 5.69 Å². The minimum Gasteiger partial charge on any atom is -0.484 e. The van der Waals surface area contributed by atoms with E-state index in [4.69, 9.17) is 4.74 Å². The Morgan fingerprint density at radius 3 is 2.32 bits per heavy atom. The zero-order valence-corrected chi connectivity index (χ0v) is 18.3. The minimum absolute atomic E-state index is 0.000553. The summed E-state index contributed by atoms with van der Waals surface area (Å²) < 4.78 is 7.20. The van der Waals surface area contributed by atoms with E-state index in [1.54, 1.807) is 0 Å². The van der Waals surface area contributed by atoms with Gasteiger partial charge in [0.1, 0.15) is 5.75 Å². The second-order valence-electron chi connectivity index (χ2n) is 7.99. The van der Waals surface area contributed by atoms with Crippen LogP contribution in [0.2, 0.25) is 0 Å². The first-order valence-electron chi connectivity index (χ1n) is 10.7. The van der Waals surface area contributed by atoms with Gasteiger partial charge in [0.25, 0.3) is 5.91 Å². The number of hydrogen-bond acceptors (Lipinski definition) is 3. The van der Waals surface area contributed by atoms with Gasteiger partial charge in [-0.2, -0.15) is 5.10 Å².